The summed E-state index contributed by atoms with van der Waals surface area (Å²) in [6.07, 6.45) is 1.43. The Hall–Kier alpha value is -0.830. The lowest BCUT2D eigenvalue weighted by Crippen LogP contribution is -2.02. The van der Waals surface area contributed by atoms with Gasteiger partial charge >= 0.3 is 0 Å². The van der Waals surface area contributed by atoms with Crippen LogP contribution in [0.2, 0.25) is 0 Å². The van der Waals surface area contributed by atoms with Gasteiger partial charge in [-0.15, -0.1) is 0 Å². The second-order valence-corrected chi connectivity index (χ2v) is 1.57. The zero-order chi connectivity index (χ0) is 5.98. The summed E-state index contributed by atoms with van der Waals surface area (Å²) in [6.45, 7) is 0.498. The number of hydrogen-bond acceptors (Lipinski definition) is 3. The third kappa shape index (κ3) is 0.869. The van der Waals surface area contributed by atoms with Crippen LogP contribution in [0.15, 0.2) is 11.8 Å². The highest BCUT2D eigenvalue weighted by Crippen LogP contribution is 2.02. The van der Waals surface area contributed by atoms with E-state index in [-0.39, 0.29) is 12.4 Å². The Morgan fingerprint density at radius 2 is 2.62 bits per heavy atom. The molecule has 2 N–H and O–H groups in total. The molecule has 0 saturated heterocycles. The Morgan fingerprint density at radius 1 is 1.88 bits per heavy atom. The van der Waals surface area contributed by atoms with E-state index in [1.807, 2.05) is 0 Å². The monoisotopic (exact) mass is 113 g/mol. The van der Waals surface area contributed by atoms with Crippen LogP contribution in [0.3, 0.4) is 0 Å². The lowest BCUT2D eigenvalue weighted by atomic mass is 10.4. The first-order valence-electron chi connectivity index (χ1n) is 2.39. The molecule has 0 fully saturated rings. The summed E-state index contributed by atoms with van der Waals surface area (Å²) in [7, 11) is 0. The summed E-state index contributed by atoms with van der Waals surface area (Å²) >= 11 is 0. The highest BCUT2D eigenvalue weighted by Gasteiger charge is 2.09. The minimum Gasteiger partial charge on any atom is -0.488 e. The minimum absolute atomic E-state index is 0.00505. The normalized spacial score (nSPS) is 18.1. The van der Waals surface area contributed by atoms with Gasteiger partial charge in [0.15, 0.2) is 12.4 Å². The van der Waals surface area contributed by atoms with E-state index in [1.54, 1.807) is 0 Å². The van der Waals surface area contributed by atoms with Gasteiger partial charge < -0.3 is 10.5 Å². The van der Waals surface area contributed by atoms with Crippen molar-refractivity contribution in [3.05, 3.63) is 11.8 Å². The molecule has 0 amide bonds. The minimum atomic E-state index is 0.00505. The van der Waals surface area contributed by atoms with Crippen molar-refractivity contribution >= 4 is 5.78 Å². The van der Waals surface area contributed by atoms with Crippen molar-refractivity contribution in [2.45, 2.75) is 0 Å². The second kappa shape index (κ2) is 1.96. The van der Waals surface area contributed by atoms with E-state index in [0.717, 1.165) is 0 Å². The fourth-order valence-corrected chi connectivity index (χ4v) is 0.545. The molecule has 1 heterocycles. The van der Waals surface area contributed by atoms with E-state index < -0.39 is 0 Å². The fourth-order valence-electron chi connectivity index (χ4n) is 0.545. The van der Waals surface area contributed by atoms with Crippen molar-refractivity contribution in [1.29, 1.82) is 0 Å². The second-order valence-electron chi connectivity index (χ2n) is 1.57. The van der Waals surface area contributed by atoms with Crippen molar-refractivity contribution in [1.82, 2.24) is 0 Å². The summed E-state index contributed by atoms with van der Waals surface area (Å²) in [5.74, 6) is 0.598. The van der Waals surface area contributed by atoms with Crippen molar-refractivity contribution < 1.29 is 9.53 Å². The Labute approximate surface area is 47.1 Å². The Morgan fingerprint density at radius 3 is 2.88 bits per heavy atom. The fraction of sp³-hybridized carbons (Fsp3) is 0.400. The molecular weight excluding hydrogens is 106 g/mol. The van der Waals surface area contributed by atoms with Gasteiger partial charge in [0.1, 0.15) is 5.76 Å². The van der Waals surface area contributed by atoms with Gasteiger partial charge in [-0.05, 0) is 0 Å². The van der Waals surface area contributed by atoms with Crippen LogP contribution in [0.4, 0.5) is 0 Å². The molecule has 1 aliphatic heterocycles. The van der Waals surface area contributed by atoms with Crippen LogP contribution in [0.5, 0.6) is 0 Å². The van der Waals surface area contributed by atoms with Gasteiger partial charge in [-0.2, -0.15) is 0 Å². The van der Waals surface area contributed by atoms with Crippen LogP contribution in [0.25, 0.3) is 0 Å². The molecule has 0 aromatic carbocycles. The predicted octanol–water partition coefficient (Wildman–Crippen LogP) is -0.572. The van der Waals surface area contributed by atoms with Gasteiger partial charge in [0, 0.05) is 6.08 Å². The molecule has 0 bridgehead atoms. The van der Waals surface area contributed by atoms with Crippen LogP contribution in [0, 0.1) is 0 Å². The number of carbonyl (C=O) groups is 1. The molecule has 1 aliphatic rings. The van der Waals surface area contributed by atoms with Gasteiger partial charge in [0.2, 0.25) is 0 Å². The highest BCUT2D eigenvalue weighted by atomic mass is 16.5. The maximum Gasteiger partial charge on any atom is 0.196 e. The van der Waals surface area contributed by atoms with Crippen LogP contribution in [-0.2, 0) is 9.53 Å². The third-order valence-electron chi connectivity index (χ3n) is 0.923. The molecular formula is C5H7NO2. The van der Waals surface area contributed by atoms with Crippen molar-refractivity contribution in [3.63, 3.8) is 0 Å². The standard InChI is InChI=1S/C5H7NO2/c6-2-5-1-4(7)3-8-5/h1H,2-3,6H2. The lowest BCUT2D eigenvalue weighted by Gasteiger charge is -1.94. The summed E-state index contributed by atoms with van der Waals surface area (Å²) in [5, 5.41) is 0. The molecule has 0 spiro atoms. The van der Waals surface area contributed by atoms with Gasteiger partial charge in [0.05, 0.1) is 6.54 Å². The van der Waals surface area contributed by atoms with Gasteiger partial charge in [-0.25, -0.2) is 0 Å². The molecule has 3 nitrogen and oxygen atoms in total. The average Bonchev–Trinajstić information content (AvgIpc) is 2.14. The SMILES string of the molecule is NCC1=CC(=O)CO1. The molecule has 0 aliphatic carbocycles. The molecule has 0 unspecified atom stereocenters. The molecule has 44 valence electrons. The number of hydrogen-bond donors (Lipinski definition) is 1. The van der Waals surface area contributed by atoms with Crippen molar-refractivity contribution in [3.8, 4) is 0 Å². The predicted molar refractivity (Wildman–Crippen MR) is 28.1 cm³/mol. The number of carbonyl (C=O) groups excluding carboxylic acids is 1. The first kappa shape index (κ1) is 5.31. The summed E-state index contributed by atoms with van der Waals surface area (Å²) < 4.78 is 4.80. The maximum absolute atomic E-state index is 10.4. The molecule has 0 aromatic heterocycles. The lowest BCUT2D eigenvalue weighted by molar-refractivity contribution is -0.115. The number of ether oxygens (including phenoxy) is 1. The molecule has 0 atom stereocenters. The molecule has 1 rings (SSSR count). The van der Waals surface area contributed by atoms with Crippen LogP contribution >= 0.6 is 0 Å². The van der Waals surface area contributed by atoms with Gasteiger partial charge in [0.25, 0.3) is 0 Å². The van der Waals surface area contributed by atoms with Crippen LogP contribution < -0.4 is 5.73 Å². The van der Waals surface area contributed by atoms with Gasteiger partial charge in [-0.3, -0.25) is 4.79 Å². The van der Waals surface area contributed by atoms with Gasteiger partial charge in [-0.1, -0.05) is 0 Å². The quantitative estimate of drug-likeness (QED) is 0.495. The third-order valence-corrected chi connectivity index (χ3v) is 0.923. The Kier molecular flexibility index (Phi) is 1.30. The number of ketones is 1. The van der Waals surface area contributed by atoms with E-state index in [4.69, 9.17) is 10.5 Å². The van der Waals surface area contributed by atoms with Crippen molar-refractivity contribution in [2.75, 3.05) is 13.2 Å². The first-order chi connectivity index (χ1) is 3.83. The van der Waals surface area contributed by atoms with Crippen molar-refractivity contribution in [2.24, 2.45) is 5.73 Å². The number of rotatable bonds is 1. The zero-order valence-corrected chi connectivity index (χ0v) is 4.39. The van der Waals surface area contributed by atoms with Crippen LogP contribution in [0.1, 0.15) is 0 Å². The van der Waals surface area contributed by atoms with E-state index in [0.29, 0.717) is 12.3 Å². The zero-order valence-electron chi connectivity index (χ0n) is 4.39. The van der Waals surface area contributed by atoms with Crippen LogP contribution in [-0.4, -0.2) is 18.9 Å². The summed E-state index contributed by atoms with van der Waals surface area (Å²) in [4.78, 5) is 10.4. The summed E-state index contributed by atoms with van der Waals surface area (Å²) in [5.41, 5.74) is 5.15. The molecule has 8 heavy (non-hydrogen) atoms. The summed E-state index contributed by atoms with van der Waals surface area (Å²) in [6, 6.07) is 0. The molecule has 0 aromatic rings. The van der Waals surface area contributed by atoms with E-state index in [9.17, 15) is 4.79 Å². The topological polar surface area (TPSA) is 52.3 Å². The smallest absolute Gasteiger partial charge is 0.196 e. The number of nitrogens with two attached hydrogens (primary N) is 1. The highest BCUT2D eigenvalue weighted by molar-refractivity contribution is 5.93. The average molecular weight is 113 g/mol. The molecule has 3 heteroatoms. The molecule has 0 radical (unpaired) electrons. The Bertz CT molecular complexity index is 139. The molecule has 0 saturated carbocycles. The first-order valence-corrected chi connectivity index (χ1v) is 2.39. The Balaban J connectivity index is 2.57. The van der Waals surface area contributed by atoms with E-state index >= 15 is 0 Å². The maximum atomic E-state index is 10.4. The van der Waals surface area contributed by atoms with E-state index in [2.05, 4.69) is 0 Å². The van der Waals surface area contributed by atoms with E-state index in [1.165, 1.54) is 6.08 Å². The largest absolute Gasteiger partial charge is 0.488 e.